The Bertz CT molecular complexity index is 659. The Balaban J connectivity index is 1.67. The lowest BCUT2D eigenvalue weighted by molar-refractivity contribution is 0.202. The molecule has 1 aromatic carbocycles. The Morgan fingerprint density at radius 2 is 2.40 bits per heavy atom. The molecule has 0 amide bonds. The third kappa shape index (κ3) is 2.49. The third-order valence-electron chi connectivity index (χ3n) is 3.28. The number of aliphatic hydroxyl groups is 1. The molecule has 102 valence electrons. The average Bonchev–Trinajstić information content (AvgIpc) is 3.05. The fourth-order valence-electron chi connectivity index (χ4n) is 2.36. The SMILES string of the molecule is N#Cc1ccc2c(c1)CC(Cn1cc(CCO)nn1)O2. The topological polar surface area (TPSA) is 84.0 Å². The molecule has 2 aromatic rings. The van der Waals surface area contributed by atoms with Crippen LogP contribution < -0.4 is 4.74 Å². The van der Waals surface area contributed by atoms with E-state index in [0.29, 0.717) is 18.5 Å². The number of hydrogen-bond acceptors (Lipinski definition) is 5. The molecule has 1 unspecified atom stereocenters. The number of benzene rings is 1. The number of ether oxygens (including phenoxy) is 1. The Hall–Kier alpha value is -2.39. The zero-order valence-corrected chi connectivity index (χ0v) is 10.9. The van der Waals surface area contributed by atoms with Crippen molar-refractivity contribution in [2.24, 2.45) is 0 Å². The maximum atomic E-state index is 8.89. The summed E-state index contributed by atoms with van der Waals surface area (Å²) in [6, 6.07) is 7.60. The van der Waals surface area contributed by atoms with Crippen LogP contribution in [0.5, 0.6) is 5.75 Å². The molecule has 0 fully saturated rings. The zero-order chi connectivity index (χ0) is 13.9. The highest BCUT2D eigenvalue weighted by atomic mass is 16.5. The van der Waals surface area contributed by atoms with Crippen molar-refractivity contribution in [2.75, 3.05) is 6.61 Å². The van der Waals surface area contributed by atoms with Gasteiger partial charge in [0.15, 0.2) is 0 Å². The number of rotatable bonds is 4. The van der Waals surface area contributed by atoms with E-state index in [-0.39, 0.29) is 12.7 Å². The highest BCUT2D eigenvalue weighted by Gasteiger charge is 2.23. The lowest BCUT2D eigenvalue weighted by Gasteiger charge is -2.09. The maximum Gasteiger partial charge on any atom is 0.123 e. The van der Waals surface area contributed by atoms with Crippen LogP contribution in [-0.4, -0.2) is 32.8 Å². The smallest absolute Gasteiger partial charge is 0.123 e. The summed E-state index contributed by atoms with van der Waals surface area (Å²) in [5.74, 6) is 0.838. The van der Waals surface area contributed by atoms with E-state index in [4.69, 9.17) is 15.1 Å². The van der Waals surface area contributed by atoms with Gasteiger partial charge in [-0.05, 0) is 23.8 Å². The van der Waals surface area contributed by atoms with Crippen molar-refractivity contribution >= 4 is 0 Å². The molecule has 2 heterocycles. The van der Waals surface area contributed by atoms with Crippen LogP contribution in [-0.2, 0) is 19.4 Å². The predicted octanol–water partition coefficient (Wildman–Crippen LogP) is 0.688. The second-order valence-electron chi connectivity index (χ2n) is 4.78. The minimum Gasteiger partial charge on any atom is -0.488 e. The molecular weight excluding hydrogens is 256 g/mol. The number of nitrogens with zero attached hydrogens (tertiary/aromatic N) is 4. The molecule has 0 saturated carbocycles. The predicted molar refractivity (Wildman–Crippen MR) is 70.1 cm³/mol. The lowest BCUT2D eigenvalue weighted by Crippen LogP contribution is -2.21. The fourth-order valence-corrected chi connectivity index (χ4v) is 2.36. The standard InChI is InChI=1S/C14H14N4O2/c15-7-10-1-2-14-11(5-10)6-13(20-14)9-18-8-12(3-4-19)16-17-18/h1-2,5,8,13,19H,3-4,6,9H2. The number of nitriles is 1. The van der Waals surface area contributed by atoms with Crippen LogP contribution in [0.4, 0.5) is 0 Å². The molecule has 6 nitrogen and oxygen atoms in total. The van der Waals surface area contributed by atoms with Gasteiger partial charge in [-0.25, -0.2) is 4.68 Å². The molecular formula is C14H14N4O2. The maximum absolute atomic E-state index is 8.89. The van der Waals surface area contributed by atoms with E-state index in [1.165, 1.54) is 0 Å². The first-order chi connectivity index (χ1) is 9.78. The van der Waals surface area contributed by atoms with E-state index in [2.05, 4.69) is 16.4 Å². The van der Waals surface area contributed by atoms with Crippen LogP contribution in [0.1, 0.15) is 16.8 Å². The van der Waals surface area contributed by atoms with Gasteiger partial charge in [0.1, 0.15) is 11.9 Å². The Kier molecular flexibility index (Phi) is 3.35. The van der Waals surface area contributed by atoms with Crippen molar-refractivity contribution in [2.45, 2.75) is 25.5 Å². The summed E-state index contributed by atoms with van der Waals surface area (Å²) < 4.78 is 7.56. The quantitative estimate of drug-likeness (QED) is 0.883. The molecule has 1 atom stereocenters. The van der Waals surface area contributed by atoms with Crippen molar-refractivity contribution in [3.05, 3.63) is 41.2 Å². The van der Waals surface area contributed by atoms with Gasteiger partial charge >= 0.3 is 0 Å². The van der Waals surface area contributed by atoms with Crippen molar-refractivity contribution in [3.8, 4) is 11.8 Å². The number of aliphatic hydroxyl groups excluding tert-OH is 1. The minimum absolute atomic E-state index is 0.00243. The number of aromatic nitrogens is 3. The number of fused-ring (bicyclic) bond motifs is 1. The zero-order valence-electron chi connectivity index (χ0n) is 10.9. The van der Waals surface area contributed by atoms with Crippen LogP contribution in [0, 0.1) is 11.3 Å². The van der Waals surface area contributed by atoms with E-state index in [0.717, 1.165) is 23.4 Å². The monoisotopic (exact) mass is 270 g/mol. The van der Waals surface area contributed by atoms with Crippen molar-refractivity contribution in [3.63, 3.8) is 0 Å². The fraction of sp³-hybridized carbons (Fsp3) is 0.357. The van der Waals surface area contributed by atoms with Gasteiger partial charge in [0.2, 0.25) is 0 Å². The summed E-state index contributed by atoms with van der Waals surface area (Å²) in [6.07, 6.45) is 3.10. The van der Waals surface area contributed by atoms with Crippen LogP contribution in [0.15, 0.2) is 24.4 Å². The molecule has 0 spiro atoms. The summed E-state index contributed by atoms with van der Waals surface area (Å²) in [7, 11) is 0. The molecule has 1 aromatic heterocycles. The van der Waals surface area contributed by atoms with Gasteiger partial charge in [-0.1, -0.05) is 5.21 Å². The summed E-state index contributed by atoms with van der Waals surface area (Å²) in [5, 5.41) is 25.7. The summed E-state index contributed by atoms with van der Waals surface area (Å²) >= 11 is 0. The first-order valence-electron chi connectivity index (χ1n) is 6.48. The third-order valence-corrected chi connectivity index (χ3v) is 3.28. The minimum atomic E-state index is 0.00243. The Morgan fingerprint density at radius 3 is 3.20 bits per heavy atom. The van der Waals surface area contributed by atoms with Crippen molar-refractivity contribution < 1.29 is 9.84 Å². The molecule has 1 N–H and O–H groups in total. The number of hydrogen-bond donors (Lipinski definition) is 1. The molecule has 1 aliphatic heterocycles. The summed E-state index contributed by atoms with van der Waals surface area (Å²) in [5.41, 5.74) is 2.48. The molecule has 0 radical (unpaired) electrons. The largest absolute Gasteiger partial charge is 0.488 e. The van der Waals surface area contributed by atoms with Gasteiger partial charge in [0.05, 0.1) is 23.9 Å². The molecule has 0 aliphatic carbocycles. The van der Waals surface area contributed by atoms with E-state index in [1.54, 1.807) is 10.7 Å². The van der Waals surface area contributed by atoms with E-state index >= 15 is 0 Å². The van der Waals surface area contributed by atoms with E-state index in [9.17, 15) is 0 Å². The van der Waals surface area contributed by atoms with Gasteiger partial charge in [-0.3, -0.25) is 0 Å². The molecule has 0 bridgehead atoms. The van der Waals surface area contributed by atoms with Gasteiger partial charge in [-0.15, -0.1) is 5.10 Å². The van der Waals surface area contributed by atoms with E-state index < -0.39 is 0 Å². The molecule has 0 saturated heterocycles. The highest BCUT2D eigenvalue weighted by Crippen LogP contribution is 2.29. The average molecular weight is 270 g/mol. The summed E-state index contributed by atoms with van der Waals surface area (Å²) in [6.45, 7) is 0.677. The molecule has 1 aliphatic rings. The normalized spacial score (nSPS) is 16.5. The Morgan fingerprint density at radius 1 is 1.50 bits per heavy atom. The van der Waals surface area contributed by atoms with Crippen molar-refractivity contribution in [1.82, 2.24) is 15.0 Å². The van der Waals surface area contributed by atoms with Crippen LogP contribution in [0.2, 0.25) is 0 Å². The second kappa shape index (κ2) is 5.31. The molecule has 6 heteroatoms. The van der Waals surface area contributed by atoms with Crippen LogP contribution >= 0.6 is 0 Å². The van der Waals surface area contributed by atoms with Gasteiger partial charge in [-0.2, -0.15) is 5.26 Å². The van der Waals surface area contributed by atoms with Crippen LogP contribution in [0.3, 0.4) is 0 Å². The van der Waals surface area contributed by atoms with Crippen LogP contribution in [0.25, 0.3) is 0 Å². The molecule has 3 rings (SSSR count). The van der Waals surface area contributed by atoms with E-state index in [1.807, 2.05) is 18.3 Å². The van der Waals surface area contributed by atoms with Gasteiger partial charge in [0, 0.05) is 25.6 Å². The first-order valence-corrected chi connectivity index (χ1v) is 6.48. The summed E-state index contributed by atoms with van der Waals surface area (Å²) in [4.78, 5) is 0. The Labute approximate surface area is 116 Å². The highest BCUT2D eigenvalue weighted by molar-refractivity contribution is 5.44. The van der Waals surface area contributed by atoms with Crippen molar-refractivity contribution in [1.29, 1.82) is 5.26 Å². The second-order valence-corrected chi connectivity index (χ2v) is 4.78. The van der Waals surface area contributed by atoms with Gasteiger partial charge < -0.3 is 9.84 Å². The molecule has 20 heavy (non-hydrogen) atoms. The lowest BCUT2D eigenvalue weighted by atomic mass is 10.1. The first kappa shape index (κ1) is 12.6. The van der Waals surface area contributed by atoms with Gasteiger partial charge in [0.25, 0.3) is 0 Å².